The van der Waals surface area contributed by atoms with Gasteiger partial charge in [0, 0.05) is 6.54 Å². The number of hydrogen-bond acceptors (Lipinski definition) is 4. The number of aliphatic carboxylic acids is 1. The summed E-state index contributed by atoms with van der Waals surface area (Å²) in [6.45, 7) is 1.62. The van der Waals surface area contributed by atoms with Crippen LogP contribution in [0.25, 0.3) is 0 Å². The maximum Gasteiger partial charge on any atom is 0.325 e. The smallest absolute Gasteiger partial charge is 0.325 e. The van der Waals surface area contributed by atoms with Crippen LogP contribution < -0.4 is 10.5 Å². The highest BCUT2D eigenvalue weighted by Gasteiger charge is 2.13. The summed E-state index contributed by atoms with van der Waals surface area (Å²) < 4.78 is 5.54. The largest absolute Gasteiger partial charge is 0.494 e. The Labute approximate surface area is 107 Å². The summed E-state index contributed by atoms with van der Waals surface area (Å²) in [6, 6.07) is 5.87. The second kappa shape index (κ2) is 6.98. The third kappa shape index (κ3) is 4.73. The Kier molecular flexibility index (Phi) is 5.61. The zero-order valence-electron chi connectivity index (χ0n) is 10.8. The number of carbonyl (C=O) groups is 1. The van der Waals surface area contributed by atoms with Crippen molar-refractivity contribution in [3.8, 4) is 5.75 Å². The summed E-state index contributed by atoms with van der Waals surface area (Å²) in [5, 5.41) is 8.77. The molecule has 0 radical (unpaired) electrons. The number of nitrogens with zero attached hydrogens (tertiary/aromatic N) is 1. The molecule has 100 valence electrons. The lowest BCUT2D eigenvalue weighted by atomic mass is 10.1. The topological polar surface area (TPSA) is 75.8 Å². The molecule has 5 nitrogen and oxygen atoms in total. The van der Waals surface area contributed by atoms with Gasteiger partial charge in [0.15, 0.2) is 0 Å². The minimum atomic E-state index is -1.03. The summed E-state index contributed by atoms with van der Waals surface area (Å²) in [4.78, 5) is 12.8. The molecule has 0 spiro atoms. The van der Waals surface area contributed by atoms with Crippen LogP contribution in [0, 0.1) is 0 Å². The molecular formula is C13H20N2O3. The third-order valence-electron chi connectivity index (χ3n) is 2.52. The summed E-state index contributed by atoms with van der Waals surface area (Å²) >= 11 is 0. The van der Waals surface area contributed by atoms with Crippen molar-refractivity contribution in [3.63, 3.8) is 0 Å². The fourth-order valence-electron chi connectivity index (χ4n) is 1.48. The molecule has 1 aromatic carbocycles. The summed E-state index contributed by atoms with van der Waals surface area (Å²) in [5.74, 6) is -0.301. The maximum atomic E-state index is 10.7. The Morgan fingerprint density at radius 1 is 1.39 bits per heavy atom. The number of rotatable bonds is 7. The van der Waals surface area contributed by atoms with Gasteiger partial charge in [-0.15, -0.1) is 0 Å². The molecule has 0 fully saturated rings. The van der Waals surface area contributed by atoms with Crippen LogP contribution in [0.5, 0.6) is 5.75 Å². The van der Waals surface area contributed by atoms with E-state index >= 15 is 0 Å². The Bertz CT molecular complexity index is 376. The van der Waals surface area contributed by atoms with Crippen LogP contribution in [0.1, 0.15) is 18.0 Å². The normalized spacial score (nSPS) is 12.4. The first-order chi connectivity index (χ1) is 8.50. The molecule has 0 bridgehead atoms. The van der Waals surface area contributed by atoms with E-state index in [1.807, 2.05) is 14.1 Å². The van der Waals surface area contributed by atoms with Crippen molar-refractivity contribution in [1.82, 2.24) is 4.90 Å². The predicted molar refractivity (Wildman–Crippen MR) is 69.7 cm³/mol. The molecule has 1 aromatic rings. The lowest BCUT2D eigenvalue weighted by Gasteiger charge is -2.11. The minimum Gasteiger partial charge on any atom is -0.494 e. The van der Waals surface area contributed by atoms with Gasteiger partial charge in [-0.2, -0.15) is 0 Å². The fourth-order valence-corrected chi connectivity index (χ4v) is 1.48. The average Bonchev–Trinajstić information content (AvgIpc) is 2.34. The van der Waals surface area contributed by atoms with Gasteiger partial charge in [-0.05, 0) is 38.2 Å². The van der Waals surface area contributed by atoms with E-state index in [0.29, 0.717) is 12.2 Å². The monoisotopic (exact) mass is 252 g/mol. The van der Waals surface area contributed by atoms with Crippen LogP contribution >= 0.6 is 0 Å². The van der Waals surface area contributed by atoms with Crippen molar-refractivity contribution in [2.24, 2.45) is 5.73 Å². The van der Waals surface area contributed by atoms with Gasteiger partial charge in [0.05, 0.1) is 6.61 Å². The number of carboxylic acids is 1. The first kappa shape index (κ1) is 14.5. The molecule has 18 heavy (non-hydrogen) atoms. The third-order valence-corrected chi connectivity index (χ3v) is 2.52. The summed E-state index contributed by atoms with van der Waals surface area (Å²) in [6.07, 6.45) is 0.948. The van der Waals surface area contributed by atoms with Crippen molar-refractivity contribution < 1.29 is 14.6 Å². The maximum absolute atomic E-state index is 10.7. The number of benzene rings is 1. The van der Waals surface area contributed by atoms with Crippen molar-refractivity contribution in [2.45, 2.75) is 12.5 Å². The number of ether oxygens (including phenoxy) is 1. The van der Waals surface area contributed by atoms with Crippen LogP contribution in [0.4, 0.5) is 0 Å². The van der Waals surface area contributed by atoms with E-state index in [1.165, 1.54) is 0 Å². The standard InChI is InChI=1S/C13H20N2O3/c1-15(2)8-3-9-18-11-6-4-10(5-7-11)12(14)13(16)17/h4-7,12H,3,8-9,14H2,1-2H3,(H,16,17)/t12-/m0/s1. The highest BCUT2D eigenvalue weighted by molar-refractivity contribution is 5.75. The van der Waals surface area contributed by atoms with E-state index < -0.39 is 12.0 Å². The SMILES string of the molecule is CN(C)CCCOc1ccc([C@H](N)C(=O)O)cc1. The molecule has 0 saturated carbocycles. The molecule has 0 aliphatic carbocycles. The Morgan fingerprint density at radius 2 is 2.00 bits per heavy atom. The van der Waals surface area contributed by atoms with Gasteiger partial charge in [0.25, 0.3) is 0 Å². The van der Waals surface area contributed by atoms with Gasteiger partial charge in [-0.1, -0.05) is 12.1 Å². The summed E-state index contributed by atoms with van der Waals surface area (Å²) in [7, 11) is 4.03. The molecule has 0 aromatic heterocycles. The molecule has 3 N–H and O–H groups in total. The molecule has 0 aliphatic heterocycles. The van der Waals surface area contributed by atoms with Gasteiger partial charge in [0.1, 0.15) is 11.8 Å². The van der Waals surface area contributed by atoms with Gasteiger partial charge >= 0.3 is 5.97 Å². The molecule has 0 aliphatic rings. The van der Waals surface area contributed by atoms with Gasteiger partial charge < -0.3 is 20.5 Å². The molecule has 1 atom stereocenters. The van der Waals surface area contributed by atoms with E-state index in [1.54, 1.807) is 24.3 Å². The van der Waals surface area contributed by atoms with Gasteiger partial charge in [-0.3, -0.25) is 4.79 Å². The minimum absolute atomic E-state index is 0.572. The summed E-state index contributed by atoms with van der Waals surface area (Å²) in [5.41, 5.74) is 6.07. The highest BCUT2D eigenvalue weighted by Crippen LogP contribution is 2.16. The van der Waals surface area contributed by atoms with Crippen LogP contribution in [0.2, 0.25) is 0 Å². The lowest BCUT2D eigenvalue weighted by Crippen LogP contribution is -2.20. The molecule has 0 heterocycles. The zero-order valence-corrected chi connectivity index (χ0v) is 10.8. The highest BCUT2D eigenvalue weighted by atomic mass is 16.5. The van der Waals surface area contributed by atoms with E-state index in [-0.39, 0.29) is 0 Å². The molecule has 0 saturated heterocycles. The Morgan fingerprint density at radius 3 is 2.50 bits per heavy atom. The van der Waals surface area contributed by atoms with E-state index in [0.717, 1.165) is 18.7 Å². The molecule has 0 amide bonds. The fraction of sp³-hybridized carbons (Fsp3) is 0.462. The zero-order chi connectivity index (χ0) is 13.5. The van der Waals surface area contributed by atoms with Crippen molar-refractivity contribution in [1.29, 1.82) is 0 Å². The first-order valence-electron chi connectivity index (χ1n) is 5.86. The number of hydrogen-bond donors (Lipinski definition) is 2. The Balaban J connectivity index is 2.43. The van der Waals surface area contributed by atoms with Crippen LogP contribution in [0.3, 0.4) is 0 Å². The van der Waals surface area contributed by atoms with E-state index in [4.69, 9.17) is 15.6 Å². The van der Waals surface area contributed by atoms with Crippen molar-refractivity contribution >= 4 is 5.97 Å². The van der Waals surface area contributed by atoms with Crippen LogP contribution in [-0.2, 0) is 4.79 Å². The number of carboxylic acid groups (broad SMARTS) is 1. The van der Waals surface area contributed by atoms with Crippen molar-refractivity contribution in [3.05, 3.63) is 29.8 Å². The quantitative estimate of drug-likeness (QED) is 0.711. The molecule has 0 unspecified atom stereocenters. The van der Waals surface area contributed by atoms with Crippen LogP contribution in [0.15, 0.2) is 24.3 Å². The lowest BCUT2D eigenvalue weighted by molar-refractivity contribution is -0.138. The second-order valence-corrected chi connectivity index (χ2v) is 4.39. The van der Waals surface area contributed by atoms with Gasteiger partial charge in [0.2, 0.25) is 0 Å². The Hall–Kier alpha value is -1.59. The van der Waals surface area contributed by atoms with Gasteiger partial charge in [-0.25, -0.2) is 0 Å². The van der Waals surface area contributed by atoms with Crippen molar-refractivity contribution in [2.75, 3.05) is 27.2 Å². The van der Waals surface area contributed by atoms with E-state index in [2.05, 4.69) is 4.90 Å². The van der Waals surface area contributed by atoms with Crippen LogP contribution in [-0.4, -0.2) is 43.2 Å². The number of nitrogens with two attached hydrogens (primary N) is 1. The molecule has 1 rings (SSSR count). The average molecular weight is 252 g/mol. The van der Waals surface area contributed by atoms with E-state index in [9.17, 15) is 4.79 Å². The first-order valence-corrected chi connectivity index (χ1v) is 5.86. The predicted octanol–water partition coefficient (Wildman–Crippen LogP) is 1.10. The second-order valence-electron chi connectivity index (χ2n) is 4.39. The molecular weight excluding hydrogens is 232 g/mol. The molecule has 5 heteroatoms.